The molecule has 11 atom stereocenters. The maximum Gasteiger partial charge on any atom is 0.159 e. The van der Waals surface area contributed by atoms with Gasteiger partial charge in [0.2, 0.25) is 0 Å². The van der Waals surface area contributed by atoms with Gasteiger partial charge in [-0.3, -0.25) is 4.79 Å². The van der Waals surface area contributed by atoms with Crippen LogP contribution < -0.4 is 0 Å². The minimum Gasteiger partial charge on any atom is -0.494 e. The van der Waals surface area contributed by atoms with E-state index >= 15 is 0 Å². The van der Waals surface area contributed by atoms with Gasteiger partial charge in [-0.1, -0.05) is 27.7 Å². The second kappa shape index (κ2) is 8.36. The molecule has 5 aliphatic rings. The topological polar surface area (TPSA) is 66.8 Å². The van der Waals surface area contributed by atoms with Gasteiger partial charge >= 0.3 is 0 Å². The zero-order valence-corrected chi connectivity index (χ0v) is 21.5. The maximum absolute atomic E-state index is 12.6. The zero-order valence-electron chi connectivity index (χ0n) is 21.5. The molecular weight excluding hydrogens is 412 g/mol. The monoisotopic (exact) mass is 458 g/mol. The summed E-state index contributed by atoms with van der Waals surface area (Å²) in [5, 5.41) is 19.9. The Bertz CT molecular complexity index is 818. The first kappa shape index (κ1) is 23.9. The first-order chi connectivity index (χ1) is 15.6. The fourth-order valence-electron chi connectivity index (χ4n) is 9.89. The Morgan fingerprint density at radius 1 is 1.09 bits per heavy atom. The molecule has 5 fully saturated rings. The summed E-state index contributed by atoms with van der Waals surface area (Å²) in [5.74, 6) is 4.90. The van der Waals surface area contributed by atoms with E-state index < -0.39 is 0 Å². The summed E-state index contributed by atoms with van der Waals surface area (Å²) in [6.07, 6.45) is 10.3. The van der Waals surface area contributed by atoms with Gasteiger partial charge in [-0.05, 0) is 105 Å². The first-order valence-electron chi connectivity index (χ1n) is 13.8. The molecule has 0 spiro atoms. The lowest BCUT2D eigenvalue weighted by Crippen LogP contribution is -2.54. The Hall–Kier alpha value is -0.870. The van der Waals surface area contributed by atoms with Gasteiger partial charge in [0.15, 0.2) is 5.78 Å². The molecule has 2 N–H and O–H groups in total. The van der Waals surface area contributed by atoms with Gasteiger partial charge in [-0.15, -0.1) is 0 Å². The summed E-state index contributed by atoms with van der Waals surface area (Å²) in [5.41, 5.74) is 1.51. The molecule has 1 heterocycles. The molecule has 1 aliphatic heterocycles. The van der Waals surface area contributed by atoms with Gasteiger partial charge in [0.1, 0.15) is 11.9 Å². The number of aliphatic hydroxyl groups excluding tert-OH is 2. The maximum atomic E-state index is 12.6. The van der Waals surface area contributed by atoms with Crippen molar-refractivity contribution in [1.82, 2.24) is 0 Å². The van der Waals surface area contributed by atoms with E-state index in [1.54, 1.807) is 6.92 Å². The molecule has 4 nitrogen and oxygen atoms in total. The number of rotatable bonds is 4. The second-order valence-electron chi connectivity index (χ2n) is 13.2. The molecule has 1 saturated heterocycles. The Balaban J connectivity index is 1.41. The van der Waals surface area contributed by atoms with E-state index in [1.165, 1.54) is 32.1 Å². The molecule has 186 valence electrons. The number of ketones is 1. The summed E-state index contributed by atoms with van der Waals surface area (Å²) in [6.45, 7) is 11.2. The molecule has 5 rings (SSSR count). The third-order valence-electron chi connectivity index (χ3n) is 11.5. The number of carbonyl (C=O) groups is 1. The number of carbonyl (C=O) groups excluding carboxylic acids is 1. The van der Waals surface area contributed by atoms with Gasteiger partial charge in [0.25, 0.3) is 0 Å². The van der Waals surface area contributed by atoms with Crippen LogP contribution in [0.4, 0.5) is 0 Å². The van der Waals surface area contributed by atoms with Crippen molar-refractivity contribution < 1.29 is 19.7 Å². The Morgan fingerprint density at radius 3 is 2.52 bits per heavy atom. The molecule has 0 aromatic carbocycles. The van der Waals surface area contributed by atoms with Crippen LogP contribution in [0, 0.1) is 52.3 Å². The third kappa shape index (κ3) is 3.56. The van der Waals surface area contributed by atoms with Crippen molar-refractivity contribution in [2.24, 2.45) is 52.3 Å². The molecule has 0 amide bonds. The standard InChI is InChI=1S/C29H46O4/c1-16(15-30)12-22(18(3)31)27-17(2)26-25(33-27)14-24-21-7-6-19-13-20(32)8-10-28(19,4)23(21)9-11-29(24,26)5/h16-17,19-21,23-26,30,32H,6-15H2,1-5H3/b27-22+/t16-,17-,19+,20-,21+,23-,24-,25-,26-,28-,29-/m0/s1. The quantitative estimate of drug-likeness (QED) is 0.545. The number of aliphatic hydroxyl groups is 2. The van der Waals surface area contributed by atoms with Crippen LogP contribution >= 0.6 is 0 Å². The number of allylic oxidation sites excluding steroid dienone is 2. The van der Waals surface area contributed by atoms with Gasteiger partial charge in [0, 0.05) is 24.0 Å². The fourth-order valence-corrected chi connectivity index (χ4v) is 9.89. The zero-order chi connectivity index (χ0) is 23.7. The summed E-state index contributed by atoms with van der Waals surface area (Å²) in [6, 6.07) is 0. The van der Waals surface area contributed by atoms with Crippen LogP contribution in [0.15, 0.2) is 11.3 Å². The highest BCUT2D eigenvalue weighted by Crippen LogP contribution is 2.70. The molecule has 0 bridgehead atoms. The average molecular weight is 459 g/mol. The number of hydrogen-bond acceptors (Lipinski definition) is 4. The number of Topliss-reactive ketones (excluding diaryl/α,β-unsaturated/α-hetero) is 1. The number of fused-ring (bicyclic) bond motifs is 7. The predicted molar refractivity (Wildman–Crippen MR) is 129 cm³/mol. The highest BCUT2D eigenvalue weighted by Gasteiger charge is 2.65. The van der Waals surface area contributed by atoms with Crippen LogP contribution in [-0.4, -0.2) is 34.8 Å². The molecule has 0 aromatic rings. The van der Waals surface area contributed by atoms with Gasteiger partial charge in [0.05, 0.1) is 6.10 Å². The molecule has 4 saturated carbocycles. The average Bonchev–Trinajstić information content (AvgIpc) is 3.25. The SMILES string of the molecule is CC(=O)/C(C[C@H](C)CO)=C1/O[C@H]2C[C@H]3[C@@H]4CC[C@@H]5C[C@@H](O)CC[C@]5(C)[C@H]4CC[C@]3(C)[C@H]2[C@@H]1C. The normalized spacial score (nSPS) is 51.0. The summed E-state index contributed by atoms with van der Waals surface area (Å²) < 4.78 is 6.69. The predicted octanol–water partition coefficient (Wildman–Crippen LogP) is 5.51. The molecular formula is C29H46O4. The fraction of sp³-hybridized carbons (Fsp3) is 0.897. The Morgan fingerprint density at radius 2 is 1.82 bits per heavy atom. The lowest BCUT2D eigenvalue weighted by Gasteiger charge is -2.61. The van der Waals surface area contributed by atoms with E-state index in [0.717, 1.165) is 48.3 Å². The van der Waals surface area contributed by atoms with Crippen molar-refractivity contribution in [3.63, 3.8) is 0 Å². The van der Waals surface area contributed by atoms with E-state index in [4.69, 9.17) is 4.74 Å². The van der Waals surface area contributed by atoms with E-state index in [-0.39, 0.29) is 41.8 Å². The summed E-state index contributed by atoms with van der Waals surface area (Å²) >= 11 is 0. The molecule has 4 aliphatic carbocycles. The molecule has 0 radical (unpaired) electrons. The van der Waals surface area contributed by atoms with Gasteiger partial charge in [-0.25, -0.2) is 0 Å². The minimum atomic E-state index is -0.0807. The number of ether oxygens (including phenoxy) is 1. The van der Waals surface area contributed by atoms with Crippen LogP contribution in [-0.2, 0) is 9.53 Å². The van der Waals surface area contributed by atoms with E-state index in [2.05, 4.69) is 20.8 Å². The van der Waals surface area contributed by atoms with Crippen molar-refractivity contribution in [2.45, 2.75) is 105 Å². The molecule has 0 aromatic heterocycles. The van der Waals surface area contributed by atoms with Crippen LogP contribution in [0.1, 0.15) is 92.4 Å². The van der Waals surface area contributed by atoms with Crippen molar-refractivity contribution in [1.29, 1.82) is 0 Å². The molecule has 0 unspecified atom stereocenters. The van der Waals surface area contributed by atoms with Crippen LogP contribution in [0.25, 0.3) is 0 Å². The van der Waals surface area contributed by atoms with E-state index in [1.807, 2.05) is 6.92 Å². The van der Waals surface area contributed by atoms with Crippen molar-refractivity contribution in [3.05, 3.63) is 11.3 Å². The first-order valence-corrected chi connectivity index (χ1v) is 13.8. The van der Waals surface area contributed by atoms with Crippen molar-refractivity contribution in [3.8, 4) is 0 Å². The Labute approximate surface area is 200 Å². The van der Waals surface area contributed by atoms with Crippen LogP contribution in [0.2, 0.25) is 0 Å². The lowest BCUT2D eigenvalue weighted by molar-refractivity contribution is -0.128. The van der Waals surface area contributed by atoms with Crippen molar-refractivity contribution >= 4 is 5.78 Å². The smallest absolute Gasteiger partial charge is 0.159 e. The highest BCUT2D eigenvalue weighted by molar-refractivity contribution is 5.93. The molecule has 33 heavy (non-hydrogen) atoms. The Kier molecular flexibility index (Phi) is 6.04. The van der Waals surface area contributed by atoms with Crippen molar-refractivity contribution in [2.75, 3.05) is 6.61 Å². The van der Waals surface area contributed by atoms with Crippen LogP contribution in [0.5, 0.6) is 0 Å². The number of hydrogen-bond donors (Lipinski definition) is 2. The highest BCUT2D eigenvalue weighted by atomic mass is 16.5. The van der Waals surface area contributed by atoms with E-state index in [9.17, 15) is 15.0 Å². The van der Waals surface area contributed by atoms with Gasteiger partial charge < -0.3 is 14.9 Å². The van der Waals surface area contributed by atoms with E-state index in [0.29, 0.717) is 23.7 Å². The van der Waals surface area contributed by atoms with Crippen LogP contribution in [0.3, 0.4) is 0 Å². The molecule has 4 heteroatoms. The van der Waals surface area contributed by atoms with Gasteiger partial charge in [-0.2, -0.15) is 0 Å². The lowest BCUT2D eigenvalue weighted by atomic mass is 9.44. The summed E-state index contributed by atoms with van der Waals surface area (Å²) in [4.78, 5) is 12.6. The second-order valence-corrected chi connectivity index (χ2v) is 13.2. The largest absolute Gasteiger partial charge is 0.494 e. The summed E-state index contributed by atoms with van der Waals surface area (Å²) in [7, 11) is 0. The third-order valence-corrected chi connectivity index (χ3v) is 11.5. The minimum absolute atomic E-state index is 0.0800.